The van der Waals surface area contributed by atoms with Crippen LogP contribution in [0.3, 0.4) is 0 Å². The van der Waals surface area contributed by atoms with Gasteiger partial charge in [0.15, 0.2) is 6.10 Å². The zero-order chi connectivity index (χ0) is 15.5. The van der Waals surface area contributed by atoms with Crippen LogP contribution in [-0.4, -0.2) is 57.0 Å². The average Bonchev–Trinajstić information content (AvgIpc) is 2.44. The summed E-state index contributed by atoms with van der Waals surface area (Å²) in [4.78, 5) is 33.6. The van der Waals surface area contributed by atoms with Crippen molar-refractivity contribution in [3.8, 4) is 5.75 Å². The molecule has 1 aromatic carbocycles. The summed E-state index contributed by atoms with van der Waals surface area (Å²) in [6, 6.07) is 4.93. The van der Waals surface area contributed by atoms with Gasteiger partial charge in [0, 0.05) is 5.56 Å². The summed E-state index contributed by atoms with van der Waals surface area (Å²) in [6.45, 7) is 0. The number of aliphatic hydroxyl groups excluding tert-OH is 1. The van der Waals surface area contributed by atoms with Gasteiger partial charge in [0.05, 0.1) is 7.11 Å². The first-order valence-corrected chi connectivity index (χ1v) is 5.30. The maximum absolute atomic E-state index is 12.0. The number of Topliss-reactive ketones (excluding diaryl/α,β-unsaturated/α-hetero) is 1. The third-order valence-corrected chi connectivity index (χ3v) is 2.65. The molecule has 0 saturated heterocycles. The third-order valence-electron chi connectivity index (χ3n) is 2.65. The second-order valence-electron chi connectivity index (χ2n) is 3.87. The van der Waals surface area contributed by atoms with E-state index < -0.39 is 29.4 Å². The molecule has 0 fully saturated rings. The molecule has 0 unspecified atom stereocenters. The van der Waals surface area contributed by atoms with Gasteiger partial charge in [0.2, 0.25) is 5.78 Å². The van der Waals surface area contributed by atoms with Crippen molar-refractivity contribution >= 4 is 17.7 Å². The lowest BCUT2D eigenvalue weighted by Crippen LogP contribution is -2.58. The molecule has 0 aliphatic heterocycles. The minimum atomic E-state index is -3.47. The van der Waals surface area contributed by atoms with E-state index in [9.17, 15) is 24.6 Å². The monoisotopic (exact) mass is 284 g/mol. The van der Waals surface area contributed by atoms with Crippen molar-refractivity contribution in [2.45, 2.75) is 11.7 Å². The Labute approximate surface area is 112 Å². The Morgan fingerprint density at radius 3 is 2.00 bits per heavy atom. The smallest absolute Gasteiger partial charge is 0.347 e. The zero-order valence-corrected chi connectivity index (χ0v) is 10.3. The Morgan fingerprint density at radius 2 is 1.65 bits per heavy atom. The number of ketones is 1. The van der Waals surface area contributed by atoms with Gasteiger partial charge in [-0.2, -0.15) is 0 Å². The topological polar surface area (TPSA) is 141 Å². The van der Waals surface area contributed by atoms with Crippen LogP contribution in [0.1, 0.15) is 10.4 Å². The summed E-state index contributed by atoms with van der Waals surface area (Å²) in [5.74, 6) is -5.26. The molecule has 8 nitrogen and oxygen atoms in total. The van der Waals surface area contributed by atoms with Crippen LogP contribution in [0, 0.1) is 0 Å². The molecule has 2 atom stereocenters. The summed E-state index contributed by atoms with van der Waals surface area (Å²) in [5.41, 5.74) is -3.75. The molecule has 4 N–H and O–H groups in total. The molecule has 8 heteroatoms. The van der Waals surface area contributed by atoms with Crippen LogP contribution in [-0.2, 0) is 9.59 Å². The van der Waals surface area contributed by atoms with Crippen molar-refractivity contribution < 1.29 is 39.5 Å². The number of hydrogen-bond acceptors (Lipinski definition) is 6. The van der Waals surface area contributed by atoms with Crippen molar-refractivity contribution in [1.82, 2.24) is 0 Å². The van der Waals surface area contributed by atoms with Gasteiger partial charge in [-0.25, -0.2) is 9.59 Å². The first kappa shape index (κ1) is 15.6. The van der Waals surface area contributed by atoms with Crippen molar-refractivity contribution in [2.75, 3.05) is 7.11 Å². The van der Waals surface area contributed by atoms with Gasteiger partial charge in [0.25, 0.3) is 5.60 Å². The minimum absolute atomic E-state index is 0.281. The molecule has 1 aromatic rings. The van der Waals surface area contributed by atoms with Gasteiger partial charge in [-0.3, -0.25) is 4.79 Å². The second kappa shape index (κ2) is 5.68. The van der Waals surface area contributed by atoms with Crippen LogP contribution in [0.4, 0.5) is 0 Å². The van der Waals surface area contributed by atoms with Gasteiger partial charge in [0.1, 0.15) is 5.75 Å². The largest absolute Gasteiger partial charge is 0.497 e. The maximum Gasteiger partial charge on any atom is 0.347 e. The van der Waals surface area contributed by atoms with Crippen LogP contribution >= 0.6 is 0 Å². The molecule has 0 spiro atoms. The Kier molecular flexibility index (Phi) is 4.43. The van der Waals surface area contributed by atoms with Gasteiger partial charge in [-0.05, 0) is 24.3 Å². The molecule has 108 valence electrons. The Morgan fingerprint density at radius 1 is 1.15 bits per heavy atom. The highest BCUT2D eigenvalue weighted by atomic mass is 16.5. The maximum atomic E-state index is 12.0. The number of benzene rings is 1. The van der Waals surface area contributed by atoms with Crippen molar-refractivity contribution in [3.63, 3.8) is 0 Å². The highest BCUT2D eigenvalue weighted by molar-refractivity contribution is 6.17. The fourth-order valence-corrected chi connectivity index (χ4v) is 1.48. The van der Waals surface area contributed by atoms with Crippen molar-refractivity contribution in [1.29, 1.82) is 0 Å². The molecule has 0 heterocycles. The average molecular weight is 284 g/mol. The van der Waals surface area contributed by atoms with Crippen molar-refractivity contribution in [2.24, 2.45) is 0 Å². The molecular weight excluding hydrogens is 272 g/mol. The summed E-state index contributed by atoms with van der Waals surface area (Å²) >= 11 is 0. The number of ether oxygens (including phenoxy) is 1. The quantitative estimate of drug-likeness (QED) is 0.390. The number of carboxylic acid groups (broad SMARTS) is 2. The second-order valence-corrected chi connectivity index (χ2v) is 3.87. The first-order valence-electron chi connectivity index (χ1n) is 5.30. The van der Waals surface area contributed by atoms with Crippen molar-refractivity contribution in [3.05, 3.63) is 29.8 Å². The van der Waals surface area contributed by atoms with E-state index in [1.54, 1.807) is 0 Å². The summed E-state index contributed by atoms with van der Waals surface area (Å²) in [7, 11) is 1.37. The lowest BCUT2D eigenvalue weighted by molar-refractivity contribution is -0.175. The molecule has 20 heavy (non-hydrogen) atoms. The lowest BCUT2D eigenvalue weighted by Gasteiger charge is -2.24. The molecule has 0 aliphatic rings. The lowest BCUT2D eigenvalue weighted by atomic mass is 9.87. The van der Waals surface area contributed by atoms with E-state index in [0.717, 1.165) is 12.1 Å². The van der Waals surface area contributed by atoms with E-state index in [2.05, 4.69) is 0 Å². The van der Waals surface area contributed by atoms with Gasteiger partial charge >= 0.3 is 11.9 Å². The number of hydrogen-bond donors (Lipinski definition) is 4. The van der Waals surface area contributed by atoms with E-state index in [4.69, 9.17) is 14.9 Å². The van der Waals surface area contributed by atoms with Crippen LogP contribution in [0.2, 0.25) is 0 Å². The number of carbonyl (C=O) groups is 3. The normalized spacial score (nSPS) is 14.9. The molecule has 0 radical (unpaired) electrons. The van der Waals surface area contributed by atoms with Crippen LogP contribution < -0.4 is 4.74 Å². The number of carboxylic acids is 2. The number of carbonyl (C=O) groups excluding carboxylic acids is 1. The number of rotatable bonds is 6. The highest BCUT2D eigenvalue weighted by Gasteiger charge is 2.54. The fourth-order valence-electron chi connectivity index (χ4n) is 1.48. The molecule has 0 aromatic heterocycles. The van der Waals surface area contributed by atoms with E-state index in [1.807, 2.05) is 0 Å². The number of aliphatic hydroxyl groups is 2. The SMILES string of the molecule is COc1ccc(C(=O)[C@](O)(C(=O)O)[C@@H](O)C(=O)O)cc1. The fraction of sp³-hybridized carbons (Fsp3) is 0.250. The minimum Gasteiger partial charge on any atom is -0.497 e. The Balaban J connectivity index is 3.24. The third kappa shape index (κ3) is 2.60. The van der Waals surface area contributed by atoms with E-state index >= 15 is 0 Å². The predicted octanol–water partition coefficient (Wildman–Crippen LogP) is -0.861. The summed E-state index contributed by atoms with van der Waals surface area (Å²) < 4.78 is 4.83. The van der Waals surface area contributed by atoms with Crippen LogP contribution in [0.25, 0.3) is 0 Å². The number of aliphatic carboxylic acids is 2. The Bertz CT molecular complexity index is 535. The predicted molar refractivity (Wildman–Crippen MR) is 63.6 cm³/mol. The molecular formula is C12H12O8. The summed E-state index contributed by atoms with van der Waals surface area (Å²) in [5, 5.41) is 36.5. The molecule has 0 bridgehead atoms. The van der Waals surface area contributed by atoms with E-state index in [1.165, 1.54) is 19.2 Å². The molecule has 0 aliphatic carbocycles. The van der Waals surface area contributed by atoms with E-state index in [0.29, 0.717) is 5.75 Å². The Hall–Kier alpha value is -2.45. The highest BCUT2D eigenvalue weighted by Crippen LogP contribution is 2.21. The first-order chi connectivity index (χ1) is 9.25. The summed E-state index contributed by atoms with van der Waals surface area (Å²) in [6.07, 6.45) is -2.80. The van der Waals surface area contributed by atoms with Gasteiger partial charge in [-0.15, -0.1) is 0 Å². The van der Waals surface area contributed by atoms with Gasteiger partial charge < -0.3 is 25.2 Å². The van der Waals surface area contributed by atoms with Gasteiger partial charge in [-0.1, -0.05) is 0 Å². The molecule has 0 amide bonds. The molecule has 1 rings (SSSR count). The number of methoxy groups -OCH3 is 1. The van der Waals surface area contributed by atoms with Crippen LogP contribution in [0.5, 0.6) is 5.75 Å². The zero-order valence-electron chi connectivity index (χ0n) is 10.3. The standard InChI is InChI=1S/C12H12O8/c1-20-7-4-2-6(3-5-7)8(13)12(19,11(17)18)9(14)10(15)16/h2-5,9,14,19H,1H3,(H,15,16)(H,17,18)/t9-,12+/m0/s1. The molecule has 0 saturated carbocycles. The van der Waals surface area contributed by atoms with Crippen LogP contribution in [0.15, 0.2) is 24.3 Å². The van der Waals surface area contributed by atoms with E-state index in [-0.39, 0.29) is 5.56 Å².